The number of aromatic nitrogens is 3. The predicted molar refractivity (Wildman–Crippen MR) is 65.8 cm³/mol. The van der Waals surface area contributed by atoms with Crippen LogP contribution in [-0.4, -0.2) is 42.3 Å². The average molecular weight is 263 g/mol. The van der Waals surface area contributed by atoms with E-state index in [1.807, 2.05) is 0 Å². The van der Waals surface area contributed by atoms with Gasteiger partial charge in [-0.2, -0.15) is 0 Å². The summed E-state index contributed by atoms with van der Waals surface area (Å²) in [6.07, 6.45) is 1.48. The molecule has 7 nitrogen and oxygen atoms in total. The smallest absolute Gasteiger partial charge is 0.360 e. The number of esters is 1. The van der Waals surface area contributed by atoms with Crippen molar-refractivity contribution in [3.8, 4) is 17.2 Å². The molecule has 2 aromatic rings. The van der Waals surface area contributed by atoms with Crippen LogP contribution in [0.2, 0.25) is 0 Å². The average Bonchev–Trinajstić information content (AvgIpc) is 2.95. The number of benzene rings is 1. The maximum Gasteiger partial charge on any atom is 0.360 e. The summed E-state index contributed by atoms with van der Waals surface area (Å²) >= 11 is 0. The number of hydrogen-bond donors (Lipinski definition) is 0. The fourth-order valence-corrected chi connectivity index (χ4v) is 1.56. The number of nitrogens with zero attached hydrogens (tertiary/aromatic N) is 3. The van der Waals surface area contributed by atoms with Gasteiger partial charge in [0.25, 0.3) is 0 Å². The molecule has 0 aliphatic rings. The molecule has 0 radical (unpaired) electrons. The highest BCUT2D eigenvalue weighted by atomic mass is 16.5. The summed E-state index contributed by atoms with van der Waals surface area (Å²) in [6, 6.07) is 5.25. The number of rotatable bonds is 4. The minimum absolute atomic E-state index is 0.136. The van der Waals surface area contributed by atoms with Gasteiger partial charge in [0, 0.05) is 6.07 Å². The molecule has 0 saturated heterocycles. The maximum atomic E-state index is 11.3. The van der Waals surface area contributed by atoms with Crippen LogP contribution in [-0.2, 0) is 4.74 Å². The summed E-state index contributed by atoms with van der Waals surface area (Å²) in [5.41, 5.74) is 0.831. The van der Waals surface area contributed by atoms with E-state index in [4.69, 9.17) is 9.47 Å². The van der Waals surface area contributed by atoms with Crippen LogP contribution in [0.15, 0.2) is 24.4 Å². The summed E-state index contributed by atoms with van der Waals surface area (Å²) in [6.45, 7) is 0. The van der Waals surface area contributed by atoms with Crippen LogP contribution in [0.5, 0.6) is 11.5 Å². The first kappa shape index (κ1) is 12.9. The Hall–Kier alpha value is -2.57. The second-order valence-corrected chi connectivity index (χ2v) is 3.58. The Kier molecular flexibility index (Phi) is 3.65. The van der Waals surface area contributed by atoms with Crippen molar-refractivity contribution in [3.05, 3.63) is 30.1 Å². The molecular formula is C12H13N3O4. The van der Waals surface area contributed by atoms with E-state index in [0.717, 1.165) is 0 Å². The van der Waals surface area contributed by atoms with E-state index in [0.29, 0.717) is 17.2 Å². The van der Waals surface area contributed by atoms with Gasteiger partial charge >= 0.3 is 5.97 Å². The number of hydrogen-bond acceptors (Lipinski definition) is 6. The fraction of sp³-hybridized carbons (Fsp3) is 0.250. The third kappa shape index (κ3) is 2.49. The molecule has 0 saturated carbocycles. The zero-order chi connectivity index (χ0) is 13.8. The third-order valence-corrected chi connectivity index (χ3v) is 2.52. The molecule has 19 heavy (non-hydrogen) atoms. The van der Waals surface area contributed by atoms with Crippen LogP contribution >= 0.6 is 0 Å². The van der Waals surface area contributed by atoms with E-state index in [2.05, 4.69) is 15.0 Å². The van der Waals surface area contributed by atoms with Crippen molar-refractivity contribution in [2.75, 3.05) is 21.3 Å². The molecular weight excluding hydrogens is 250 g/mol. The van der Waals surface area contributed by atoms with Gasteiger partial charge in [-0.15, -0.1) is 5.10 Å². The minimum atomic E-state index is -0.535. The van der Waals surface area contributed by atoms with Gasteiger partial charge in [-0.05, 0) is 12.1 Å². The molecule has 0 bridgehead atoms. The first-order valence-electron chi connectivity index (χ1n) is 5.42. The van der Waals surface area contributed by atoms with E-state index >= 15 is 0 Å². The predicted octanol–water partition coefficient (Wildman–Crippen LogP) is 1.07. The highest BCUT2D eigenvalue weighted by Gasteiger charge is 2.12. The molecule has 1 aromatic heterocycles. The molecule has 0 unspecified atom stereocenters. The Morgan fingerprint density at radius 1 is 1.16 bits per heavy atom. The van der Waals surface area contributed by atoms with Gasteiger partial charge < -0.3 is 14.2 Å². The minimum Gasteiger partial charge on any atom is -0.493 e. The van der Waals surface area contributed by atoms with Gasteiger partial charge in [0.15, 0.2) is 17.2 Å². The lowest BCUT2D eigenvalue weighted by Gasteiger charge is -2.08. The topological polar surface area (TPSA) is 75.5 Å². The largest absolute Gasteiger partial charge is 0.493 e. The molecule has 7 heteroatoms. The second-order valence-electron chi connectivity index (χ2n) is 3.58. The van der Waals surface area contributed by atoms with Gasteiger partial charge in [0.05, 0.1) is 33.2 Å². The highest BCUT2D eigenvalue weighted by molar-refractivity contribution is 5.86. The van der Waals surface area contributed by atoms with Crippen LogP contribution in [0, 0.1) is 0 Å². The molecule has 2 rings (SSSR count). The first-order valence-corrected chi connectivity index (χ1v) is 5.42. The zero-order valence-electron chi connectivity index (χ0n) is 10.8. The maximum absolute atomic E-state index is 11.3. The van der Waals surface area contributed by atoms with Gasteiger partial charge in [0.1, 0.15) is 0 Å². The molecule has 0 spiro atoms. The summed E-state index contributed by atoms with van der Waals surface area (Å²) in [5.74, 6) is 0.640. The van der Waals surface area contributed by atoms with Crippen LogP contribution in [0.4, 0.5) is 0 Å². The van der Waals surface area contributed by atoms with Crippen LogP contribution in [0.1, 0.15) is 10.5 Å². The Bertz CT molecular complexity index is 594. The van der Waals surface area contributed by atoms with Crippen molar-refractivity contribution in [1.82, 2.24) is 15.0 Å². The molecule has 0 atom stereocenters. The number of carbonyl (C=O) groups excluding carboxylic acids is 1. The first-order chi connectivity index (χ1) is 9.19. The molecule has 1 aromatic carbocycles. The van der Waals surface area contributed by atoms with E-state index in [9.17, 15) is 4.79 Å². The molecule has 0 fully saturated rings. The van der Waals surface area contributed by atoms with Crippen molar-refractivity contribution in [2.24, 2.45) is 0 Å². The van der Waals surface area contributed by atoms with Crippen LogP contribution in [0.25, 0.3) is 5.69 Å². The normalized spacial score (nSPS) is 10.1. The second kappa shape index (κ2) is 5.38. The molecule has 100 valence electrons. The Morgan fingerprint density at radius 3 is 2.53 bits per heavy atom. The number of methoxy groups -OCH3 is 3. The van der Waals surface area contributed by atoms with E-state index in [-0.39, 0.29) is 5.69 Å². The lowest BCUT2D eigenvalue weighted by atomic mass is 10.3. The van der Waals surface area contributed by atoms with Gasteiger partial charge in [-0.25, -0.2) is 9.48 Å². The zero-order valence-corrected chi connectivity index (χ0v) is 10.8. The molecule has 0 amide bonds. The lowest BCUT2D eigenvalue weighted by molar-refractivity contribution is 0.0594. The SMILES string of the molecule is COC(=O)c1cn(-c2ccc(OC)c(OC)c2)nn1. The van der Waals surface area contributed by atoms with Crippen LogP contribution < -0.4 is 9.47 Å². The Balaban J connectivity index is 2.36. The van der Waals surface area contributed by atoms with Crippen molar-refractivity contribution in [2.45, 2.75) is 0 Å². The standard InChI is InChI=1S/C12H13N3O4/c1-17-10-5-4-8(6-11(10)18-2)15-7-9(13-14-15)12(16)19-3/h4-7H,1-3H3. The van der Waals surface area contributed by atoms with Gasteiger partial charge in [0.2, 0.25) is 0 Å². The van der Waals surface area contributed by atoms with Crippen molar-refractivity contribution in [1.29, 1.82) is 0 Å². The summed E-state index contributed by atoms with van der Waals surface area (Å²) in [4.78, 5) is 11.3. The molecule has 0 aliphatic heterocycles. The molecule has 0 aliphatic carbocycles. The van der Waals surface area contributed by atoms with Crippen LogP contribution in [0.3, 0.4) is 0 Å². The Morgan fingerprint density at radius 2 is 1.89 bits per heavy atom. The highest BCUT2D eigenvalue weighted by Crippen LogP contribution is 2.28. The van der Waals surface area contributed by atoms with Crippen molar-refractivity contribution >= 4 is 5.97 Å². The lowest BCUT2D eigenvalue weighted by Crippen LogP contribution is -2.01. The van der Waals surface area contributed by atoms with E-state index < -0.39 is 5.97 Å². The van der Waals surface area contributed by atoms with E-state index in [1.165, 1.54) is 18.0 Å². The van der Waals surface area contributed by atoms with Crippen molar-refractivity contribution < 1.29 is 19.0 Å². The summed E-state index contributed by atoms with van der Waals surface area (Å²) in [7, 11) is 4.39. The molecule has 0 N–H and O–H groups in total. The third-order valence-electron chi connectivity index (χ3n) is 2.52. The quantitative estimate of drug-likeness (QED) is 0.768. The van der Waals surface area contributed by atoms with Gasteiger partial charge in [-0.1, -0.05) is 5.21 Å². The number of carbonyl (C=O) groups is 1. The van der Waals surface area contributed by atoms with Crippen molar-refractivity contribution in [3.63, 3.8) is 0 Å². The summed E-state index contributed by atoms with van der Waals surface area (Å²) in [5, 5.41) is 7.58. The molecule has 1 heterocycles. The van der Waals surface area contributed by atoms with Gasteiger partial charge in [-0.3, -0.25) is 0 Å². The monoisotopic (exact) mass is 263 g/mol. The van der Waals surface area contributed by atoms with E-state index in [1.54, 1.807) is 32.4 Å². The number of ether oxygens (including phenoxy) is 3. The summed E-state index contributed by atoms with van der Waals surface area (Å²) < 4.78 is 16.4. The Labute approximate surface area is 109 Å². The fourth-order valence-electron chi connectivity index (χ4n) is 1.56.